The van der Waals surface area contributed by atoms with E-state index in [2.05, 4.69) is 21.3 Å². The van der Waals surface area contributed by atoms with Gasteiger partial charge in [0.15, 0.2) is 0 Å². The summed E-state index contributed by atoms with van der Waals surface area (Å²) in [4.78, 5) is 11.5. The Morgan fingerprint density at radius 1 is 1.12 bits per heavy atom. The molecule has 3 heterocycles. The summed E-state index contributed by atoms with van der Waals surface area (Å²) < 4.78 is 1.83. The van der Waals surface area contributed by atoms with Gasteiger partial charge in [0.1, 0.15) is 5.60 Å². The summed E-state index contributed by atoms with van der Waals surface area (Å²) in [6.07, 6.45) is 7.09. The second-order valence-corrected chi connectivity index (χ2v) is 9.44. The Hall–Kier alpha value is -2.22. The van der Waals surface area contributed by atoms with Crippen LogP contribution in [0.2, 0.25) is 10.0 Å². The van der Waals surface area contributed by atoms with E-state index in [0.29, 0.717) is 21.3 Å². The lowest BCUT2D eigenvalue weighted by Gasteiger charge is -2.36. The van der Waals surface area contributed by atoms with E-state index < -0.39 is 5.60 Å². The van der Waals surface area contributed by atoms with Crippen LogP contribution in [0.5, 0.6) is 0 Å². The van der Waals surface area contributed by atoms with Gasteiger partial charge in [-0.3, -0.25) is 9.88 Å². The molecule has 0 spiro atoms. The molecule has 1 saturated heterocycles. The van der Waals surface area contributed by atoms with Gasteiger partial charge in [0.05, 0.1) is 35.0 Å². The van der Waals surface area contributed by atoms with Gasteiger partial charge in [-0.15, -0.1) is 0 Å². The van der Waals surface area contributed by atoms with Crippen LogP contribution >= 0.6 is 23.2 Å². The number of hydrogen-bond donors (Lipinski definition) is 2. The molecule has 1 aromatic carbocycles. The zero-order valence-corrected chi connectivity index (χ0v) is 19.5. The lowest BCUT2D eigenvalue weighted by molar-refractivity contribution is 0.114. The number of rotatable bonds is 3. The molecule has 0 radical (unpaired) electrons. The predicted octanol–water partition coefficient (Wildman–Crippen LogP) is 3.88. The molecule has 1 unspecified atom stereocenters. The molecular weight excluding hydrogens is 445 g/mol. The van der Waals surface area contributed by atoms with E-state index in [-0.39, 0.29) is 6.04 Å². The van der Waals surface area contributed by atoms with Crippen molar-refractivity contribution in [3.63, 3.8) is 0 Å². The van der Waals surface area contributed by atoms with Gasteiger partial charge in [-0.1, -0.05) is 29.3 Å². The van der Waals surface area contributed by atoms with Gasteiger partial charge in [-0.25, -0.2) is 4.98 Å². The Labute approximate surface area is 197 Å². The van der Waals surface area contributed by atoms with E-state index in [1.807, 2.05) is 35.9 Å². The van der Waals surface area contributed by atoms with Crippen LogP contribution in [-0.4, -0.2) is 50.7 Å². The first-order chi connectivity index (χ1) is 15.4. The third-order valence-electron chi connectivity index (χ3n) is 6.43. The van der Waals surface area contributed by atoms with Gasteiger partial charge < -0.3 is 15.0 Å². The minimum absolute atomic E-state index is 0.0762. The van der Waals surface area contributed by atoms with Gasteiger partial charge >= 0.3 is 0 Å². The van der Waals surface area contributed by atoms with Gasteiger partial charge in [0.2, 0.25) is 0 Å². The molecule has 1 aliphatic heterocycles. The van der Waals surface area contributed by atoms with Crippen molar-refractivity contribution in [3.8, 4) is 0 Å². The van der Waals surface area contributed by atoms with Crippen molar-refractivity contribution in [2.45, 2.75) is 18.6 Å². The molecule has 2 aromatic heterocycles. The van der Waals surface area contributed by atoms with E-state index >= 15 is 0 Å². The first-order valence-corrected chi connectivity index (χ1v) is 11.4. The fraction of sp³-hybridized carbons (Fsp3) is 0.333. The molecule has 166 valence electrons. The minimum atomic E-state index is -1.33. The third kappa shape index (κ3) is 3.66. The van der Waals surface area contributed by atoms with Crippen molar-refractivity contribution in [2.75, 3.05) is 26.2 Å². The number of aliphatic hydroxyl groups is 1. The number of aryl methyl sites for hydroxylation is 1. The second-order valence-electron chi connectivity index (χ2n) is 8.57. The van der Waals surface area contributed by atoms with Crippen LogP contribution in [0.3, 0.4) is 0 Å². The van der Waals surface area contributed by atoms with Crippen LogP contribution in [-0.2, 0) is 12.6 Å². The Bertz CT molecular complexity index is 1200. The number of halogens is 2. The smallest absolute Gasteiger partial charge is 0.129 e. The van der Waals surface area contributed by atoms with Crippen LogP contribution in [0.1, 0.15) is 41.0 Å². The Morgan fingerprint density at radius 3 is 2.62 bits per heavy atom. The minimum Gasteiger partial charge on any atom is -0.379 e. The van der Waals surface area contributed by atoms with Gasteiger partial charge in [0.25, 0.3) is 0 Å². The number of piperazine rings is 1. The standard InChI is InChI=1S/C24H25Cl2N5O/c1-24(32,21-13-28-14-30(21)2)20-10-15-9-16(25)3-4-18(15)23(31-7-5-27-6-8-31)22-19(20)11-17(26)12-29-22/h3-4,9-14,23,27,32H,5-8H2,1-2H3/t23-,24?/m0/s1. The summed E-state index contributed by atoms with van der Waals surface area (Å²) in [5.74, 6) is 0. The summed E-state index contributed by atoms with van der Waals surface area (Å²) in [5.41, 5.74) is 3.86. The summed E-state index contributed by atoms with van der Waals surface area (Å²) in [6, 6.07) is 7.78. The number of pyridine rings is 1. The summed E-state index contributed by atoms with van der Waals surface area (Å²) in [6.45, 7) is 5.40. The molecule has 6 nitrogen and oxygen atoms in total. The number of fused-ring (bicyclic) bond motifs is 2. The first kappa shape index (κ1) is 21.6. The maximum atomic E-state index is 11.9. The molecule has 1 fully saturated rings. The summed E-state index contributed by atoms with van der Waals surface area (Å²) >= 11 is 12.9. The number of benzene rings is 1. The normalized spacial score (nSPS) is 20.7. The third-order valence-corrected chi connectivity index (χ3v) is 6.88. The zero-order valence-electron chi connectivity index (χ0n) is 18.0. The number of nitrogens with zero attached hydrogens (tertiary/aromatic N) is 4. The fourth-order valence-electron chi connectivity index (χ4n) is 4.86. The van der Waals surface area contributed by atoms with Crippen LogP contribution in [0.25, 0.3) is 11.6 Å². The van der Waals surface area contributed by atoms with E-state index in [0.717, 1.165) is 48.6 Å². The molecule has 0 saturated carbocycles. The van der Waals surface area contributed by atoms with Crippen LogP contribution in [0.4, 0.5) is 0 Å². The van der Waals surface area contributed by atoms with Crippen LogP contribution in [0, 0.1) is 0 Å². The van der Waals surface area contributed by atoms with Crippen molar-refractivity contribution in [1.82, 2.24) is 24.8 Å². The number of imidazole rings is 1. The predicted molar refractivity (Wildman–Crippen MR) is 128 cm³/mol. The van der Waals surface area contributed by atoms with Gasteiger partial charge in [0, 0.05) is 50.0 Å². The Morgan fingerprint density at radius 2 is 1.91 bits per heavy atom. The highest BCUT2D eigenvalue weighted by atomic mass is 35.5. The fourth-order valence-corrected chi connectivity index (χ4v) is 5.20. The second kappa shape index (κ2) is 8.28. The molecule has 1 aliphatic carbocycles. The van der Waals surface area contributed by atoms with Crippen molar-refractivity contribution in [1.29, 1.82) is 0 Å². The Kier molecular flexibility index (Phi) is 5.60. The number of nitrogens with one attached hydrogen (secondary N) is 1. The zero-order chi connectivity index (χ0) is 22.5. The average molecular weight is 470 g/mol. The molecule has 32 heavy (non-hydrogen) atoms. The van der Waals surface area contributed by atoms with E-state index in [9.17, 15) is 5.11 Å². The lowest BCUT2D eigenvalue weighted by atomic mass is 9.85. The molecule has 2 aliphatic rings. The molecular formula is C24H25Cl2N5O. The van der Waals surface area contributed by atoms with Gasteiger partial charge in [-0.2, -0.15) is 0 Å². The monoisotopic (exact) mass is 469 g/mol. The maximum Gasteiger partial charge on any atom is 0.129 e. The SMILES string of the molecule is Cn1cncc1C(C)(O)C1=Cc2cc(Cl)ccc2[C@H](N2CCNCC2)c2ncc(Cl)cc21. The first-order valence-electron chi connectivity index (χ1n) is 10.7. The van der Waals surface area contributed by atoms with Crippen molar-refractivity contribution in [3.05, 3.63) is 81.1 Å². The quantitative estimate of drug-likeness (QED) is 0.609. The highest BCUT2D eigenvalue weighted by Gasteiger charge is 2.39. The van der Waals surface area contributed by atoms with E-state index in [1.165, 1.54) is 0 Å². The maximum absolute atomic E-state index is 11.9. The molecule has 2 atom stereocenters. The van der Waals surface area contributed by atoms with Crippen LogP contribution < -0.4 is 5.32 Å². The number of hydrogen-bond acceptors (Lipinski definition) is 5. The van der Waals surface area contributed by atoms with Crippen molar-refractivity contribution in [2.24, 2.45) is 7.05 Å². The highest BCUT2D eigenvalue weighted by molar-refractivity contribution is 6.31. The van der Waals surface area contributed by atoms with Crippen LogP contribution in [0.15, 0.2) is 43.0 Å². The van der Waals surface area contributed by atoms with Gasteiger partial charge in [-0.05, 0) is 47.9 Å². The summed E-state index contributed by atoms with van der Waals surface area (Å²) in [5, 5.41) is 16.5. The molecule has 3 aromatic rings. The molecule has 5 rings (SSSR count). The topological polar surface area (TPSA) is 66.2 Å². The summed E-state index contributed by atoms with van der Waals surface area (Å²) in [7, 11) is 1.87. The van der Waals surface area contributed by atoms with E-state index in [1.54, 1.807) is 25.6 Å². The molecule has 2 N–H and O–H groups in total. The largest absolute Gasteiger partial charge is 0.379 e. The Balaban J connectivity index is 1.79. The molecule has 0 bridgehead atoms. The molecule has 8 heteroatoms. The van der Waals surface area contributed by atoms with Crippen molar-refractivity contribution < 1.29 is 5.11 Å². The molecule has 0 amide bonds. The number of aromatic nitrogens is 3. The van der Waals surface area contributed by atoms with E-state index in [4.69, 9.17) is 28.2 Å². The lowest BCUT2D eigenvalue weighted by Crippen LogP contribution is -2.45. The highest BCUT2D eigenvalue weighted by Crippen LogP contribution is 2.46. The average Bonchev–Trinajstić information content (AvgIpc) is 3.16. The van der Waals surface area contributed by atoms with Crippen molar-refractivity contribution >= 4 is 34.9 Å².